The SMILES string of the molecule is CSCC[C@H](N)C(=O)NC1(CC(=O)O)CCC1. The molecule has 17 heavy (non-hydrogen) atoms. The van der Waals surface area contributed by atoms with Crippen LogP contribution in [0.25, 0.3) is 0 Å². The van der Waals surface area contributed by atoms with E-state index in [0.29, 0.717) is 6.42 Å². The van der Waals surface area contributed by atoms with Gasteiger partial charge in [-0.3, -0.25) is 9.59 Å². The Morgan fingerprint density at radius 2 is 2.18 bits per heavy atom. The molecule has 5 nitrogen and oxygen atoms in total. The Morgan fingerprint density at radius 1 is 1.53 bits per heavy atom. The molecule has 1 saturated carbocycles. The minimum Gasteiger partial charge on any atom is -0.481 e. The molecule has 1 aliphatic rings. The first-order chi connectivity index (χ1) is 7.99. The van der Waals surface area contributed by atoms with Crippen molar-refractivity contribution in [1.82, 2.24) is 5.32 Å². The summed E-state index contributed by atoms with van der Waals surface area (Å²) in [6.45, 7) is 0. The summed E-state index contributed by atoms with van der Waals surface area (Å²) in [5, 5.41) is 11.6. The van der Waals surface area contributed by atoms with Crippen molar-refractivity contribution in [3.8, 4) is 0 Å². The highest BCUT2D eigenvalue weighted by atomic mass is 32.2. The zero-order valence-corrected chi connectivity index (χ0v) is 10.9. The first kappa shape index (κ1) is 14.3. The Kier molecular flexibility index (Phi) is 5.27. The number of rotatable bonds is 7. The molecule has 0 unspecified atom stereocenters. The van der Waals surface area contributed by atoms with Gasteiger partial charge in [0, 0.05) is 0 Å². The number of aliphatic carboxylic acids is 1. The highest BCUT2D eigenvalue weighted by Gasteiger charge is 2.40. The number of carboxylic acids is 1. The molecule has 1 fully saturated rings. The van der Waals surface area contributed by atoms with E-state index >= 15 is 0 Å². The second kappa shape index (κ2) is 6.26. The molecular weight excluding hydrogens is 240 g/mol. The number of thioether (sulfide) groups is 1. The van der Waals surface area contributed by atoms with Crippen LogP contribution in [0.1, 0.15) is 32.1 Å². The number of nitrogens with two attached hydrogens (primary N) is 1. The van der Waals surface area contributed by atoms with Gasteiger partial charge in [0.05, 0.1) is 18.0 Å². The van der Waals surface area contributed by atoms with E-state index < -0.39 is 17.6 Å². The Labute approximate surface area is 106 Å². The maximum absolute atomic E-state index is 11.8. The van der Waals surface area contributed by atoms with Gasteiger partial charge in [0.2, 0.25) is 5.91 Å². The summed E-state index contributed by atoms with van der Waals surface area (Å²) in [7, 11) is 0. The highest BCUT2D eigenvalue weighted by molar-refractivity contribution is 7.98. The van der Waals surface area contributed by atoms with Crippen molar-refractivity contribution in [3.63, 3.8) is 0 Å². The van der Waals surface area contributed by atoms with Crippen molar-refractivity contribution in [2.24, 2.45) is 5.73 Å². The Morgan fingerprint density at radius 3 is 2.59 bits per heavy atom. The van der Waals surface area contributed by atoms with Crippen molar-refractivity contribution in [3.05, 3.63) is 0 Å². The van der Waals surface area contributed by atoms with Crippen LogP contribution in [0, 0.1) is 0 Å². The summed E-state index contributed by atoms with van der Waals surface area (Å²) in [4.78, 5) is 22.5. The van der Waals surface area contributed by atoms with E-state index in [1.807, 2.05) is 6.26 Å². The summed E-state index contributed by atoms with van der Waals surface area (Å²) in [5.74, 6) is -0.261. The first-order valence-electron chi connectivity index (χ1n) is 5.77. The maximum atomic E-state index is 11.8. The molecule has 0 aromatic carbocycles. The fourth-order valence-electron chi connectivity index (χ4n) is 1.97. The number of carboxylic acid groups (broad SMARTS) is 1. The summed E-state index contributed by atoms with van der Waals surface area (Å²) in [5.41, 5.74) is 5.21. The quantitative estimate of drug-likeness (QED) is 0.622. The number of nitrogens with one attached hydrogen (secondary N) is 1. The van der Waals surface area contributed by atoms with E-state index in [0.717, 1.165) is 25.0 Å². The lowest BCUT2D eigenvalue weighted by atomic mass is 9.74. The minimum absolute atomic E-state index is 0.00596. The van der Waals surface area contributed by atoms with E-state index in [1.165, 1.54) is 0 Å². The lowest BCUT2D eigenvalue weighted by Crippen LogP contribution is -2.58. The molecule has 1 amide bonds. The largest absolute Gasteiger partial charge is 0.481 e. The summed E-state index contributed by atoms with van der Waals surface area (Å²) < 4.78 is 0. The van der Waals surface area contributed by atoms with Crippen molar-refractivity contribution in [2.75, 3.05) is 12.0 Å². The molecule has 4 N–H and O–H groups in total. The van der Waals surface area contributed by atoms with Gasteiger partial charge in [0.1, 0.15) is 0 Å². The summed E-state index contributed by atoms with van der Waals surface area (Å²) in [6.07, 6.45) is 5.01. The van der Waals surface area contributed by atoms with Crippen LogP contribution < -0.4 is 11.1 Å². The second-order valence-electron chi connectivity index (χ2n) is 4.58. The van der Waals surface area contributed by atoms with Gasteiger partial charge in [-0.2, -0.15) is 11.8 Å². The molecule has 0 aromatic rings. The molecular formula is C11H20N2O3S. The smallest absolute Gasteiger partial charge is 0.305 e. The van der Waals surface area contributed by atoms with E-state index in [1.54, 1.807) is 11.8 Å². The van der Waals surface area contributed by atoms with Gasteiger partial charge < -0.3 is 16.2 Å². The lowest BCUT2D eigenvalue weighted by Gasteiger charge is -2.42. The van der Waals surface area contributed by atoms with Crippen LogP contribution in [0.4, 0.5) is 0 Å². The molecule has 1 aliphatic carbocycles. The molecule has 1 rings (SSSR count). The summed E-state index contributed by atoms with van der Waals surface area (Å²) >= 11 is 1.64. The van der Waals surface area contributed by atoms with E-state index in [9.17, 15) is 9.59 Å². The number of carbonyl (C=O) groups is 2. The van der Waals surface area contributed by atoms with Crippen LogP contribution in [0.15, 0.2) is 0 Å². The maximum Gasteiger partial charge on any atom is 0.305 e. The third kappa shape index (κ3) is 4.20. The van der Waals surface area contributed by atoms with Crippen LogP contribution in [0.2, 0.25) is 0 Å². The third-order valence-corrected chi connectivity index (χ3v) is 3.80. The topological polar surface area (TPSA) is 92.4 Å². The molecule has 1 atom stereocenters. The Hall–Kier alpha value is -0.750. The molecule has 0 saturated heterocycles. The fraction of sp³-hybridized carbons (Fsp3) is 0.818. The Balaban J connectivity index is 2.45. The molecule has 0 bridgehead atoms. The van der Waals surface area contributed by atoms with E-state index in [4.69, 9.17) is 10.8 Å². The van der Waals surface area contributed by atoms with Crippen LogP contribution in [-0.2, 0) is 9.59 Å². The van der Waals surface area contributed by atoms with Gasteiger partial charge in [-0.25, -0.2) is 0 Å². The average molecular weight is 260 g/mol. The first-order valence-corrected chi connectivity index (χ1v) is 7.17. The standard InChI is InChI=1S/C11H20N2O3S/c1-17-6-3-8(12)10(16)13-11(4-2-5-11)7-9(14)15/h8H,2-7,12H2,1H3,(H,13,16)(H,14,15)/t8-/m0/s1. The monoisotopic (exact) mass is 260 g/mol. The van der Waals surface area contributed by atoms with Gasteiger partial charge in [0.25, 0.3) is 0 Å². The average Bonchev–Trinajstić information content (AvgIpc) is 2.21. The van der Waals surface area contributed by atoms with Crippen LogP contribution >= 0.6 is 11.8 Å². The normalized spacial score (nSPS) is 19.2. The van der Waals surface area contributed by atoms with E-state index in [-0.39, 0.29) is 12.3 Å². The van der Waals surface area contributed by atoms with Crippen molar-refractivity contribution in [2.45, 2.75) is 43.7 Å². The van der Waals surface area contributed by atoms with Gasteiger partial charge in [-0.15, -0.1) is 0 Å². The van der Waals surface area contributed by atoms with Crippen LogP contribution in [-0.4, -0.2) is 40.6 Å². The van der Waals surface area contributed by atoms with Gasteiger partial charge in [-0.05, 0) is 37.7 Å². The molecule has 0 radical (unpaired) electrons. The van der Waals surface area contributed by atoms with Crippen LogP contribution in [0.3, 0.4) is 0 Å². The summed E-state index contributed by atoms with van der Waals surface area (Å²) in [6, 6.07) is -0.534. The number of carbonyl (C=O) groups excluding carboxylic acids is 1. The van der Waals surface area contributed by atoms with Crippen molar-refractivity contribution in [1.29, 1.82) is 0 Å². The molecule has 0 heterocycles. The van der Waals surface area contributed by atoms with Gasteiger partial charge in [0.15, 0.2) is 0 Å². The Bertz CT molecular complexity index is 292. The number of hydrogen-bond donors (Lipinski definition) is 3. The zero-order valence-electron chi connectivity index (χ0n) is 10.1. The molecule has 0 spiro atoms. The molecule has 0 aromatic heterocycles. The number of hydrogen-bond acceptors (Lipinski definition) is 4. The predicted octanol–water partition coefficient (Wildman–Crippen LogP) is 0.580. The van der Waals surface area contributed by atoms with Crippen molar-refractivity contribution >= 4 is 23.6 Å². The second-order valence-corrected chi connectivity index (χ2v) is 5.57. The van der Waals surface area contributed by atoms with Gasteiger partial charge in [-0.1, -0.05) is 0 Å². The van der Waals surface area contributed by atoms with Gasteiger partial charge >= 0.3 is 5.97 Å². The fourth-order valence-corrected chi connectivity index (χ4v) is 2.46. The lowest BCUT2D eigenvalue weighted by molar-refractivity contribution is -0.140. The number of amides is 1. The molecule has 0 aliphatic heterocycles. The van der Waals surface area contributed by atoms with E-state index in [2.05, 4.69) is 5.32 Å². The van der Waals surface area contributed by atoms with Crippen LogP contribution in [0.5, 0.6) is 0 Å². The molecule has 98 valence electrons. The molecule has 6 heteroatoms. The third-order valence-electron chi connectivity index (χ3n) is 3.16. The predicted molar refractivity (Wildman–Crippen MR) is 68.0 cm³/mol. The zero-order chi connectivity index (χ0) is 12.9. The minimum atomic E-state index is -0.873. The van der Waals surface area contributed by atoms with Crippen molar-refractivity contribution < 1.29 is 14.7 Å². The highest BCUT2D eigenvalue weighted by Crippen LogP contribution is 2.34.